The summed E-state index contributed by atoms with van der Waals surface area (Å²) in [6, 6.07) is 4.31. The number of halogens is 1. The van der Waals surface area contributed by atoms with Crippen LogP contribution in [-0.2, 0) is 25.3 Å². The van der Waals surface area contributed by atoms with Gasteiger partial charge in [0.05, 0.1) is 10.6 Å². The number of rotatable bonds is 1. The zero-order chi connectivity index (χ0) is 11.3. The molecule has 0 saturated heterocycles. The van der Waals surface area contributed by atoms with Crippen molar-refractivity contribution >= 4 is 29.6 Å². The lowest BCUT2D eigenvalue weighted by molar-refractivity contribution is 0.592. The summed E-state index contributed by atoms with van der Waals surface area (Å²) in [6.07, 6.45) is 0.345. The Morgan fingerprint density at radius 1 is 1.27 bits per heavy atom. The molecule has 0 N–H and O–H groups in total. The van der Waals surface area contributed by atoms with Gasteiger partial charge in [0, 0.05) is 10.7 Å². The third-order valence-corrected chi connectivity index (χ3v) is 5.61. The highest BCUT2D eigenvalue weighted by molar-refractivity contribution is 8.14. The second-order valence-corrected chi connectivity index (χ2v) is 7.83. The predicted molar refractivity (Wildman–Crippen MR) is 55.2 cm³/mol. The lowest BCUT2D eigenvalue weighted by Gasteiger charge is -2.03. The number of fused-ring (bicyclic) bond motifs is 1. The van der Waals surface area contributed by atoms with Gasteiger partial charge < -0.3 is 0 Å². The van der Waals surface area contributed by atoms with Crippen LogP contribution in [-0.4, -0.2) is 22.6 Å². The average molecular weight is 267 g/mol. The minimum atomic E-state index is -4.01. The Balaban J connectivity index is 2.88. The van der Waals surface area contributed by atoms with Crippen molar-refractivity contribution in [2.24, 2.45) is 0 Å². The van der Waals surface area contributed by atoms with Crippen molar-refractivity contribution in [1.82, 2.24) is 0 Å². The lowest BCUT2D eigenvalue weighted by Crippen LogP contribution is -2.04. The average Bonchev–Trinajstić information content (AvgIpc) is 2.41. The summed E-state index contributed by atoms with van der Waals surface area (Å²) in [6.45, 7) is 0. The fraction of sp³-hybridized carbons (Fsp3) is 0.250. The van der Waals surface area contributed by atoms with Gasteiger partial charge in [0.25, 0.3) is 9.05 Å². The standard InChI is InChI=1S/C8H7ClO4S2/c9-15(12,13)7-3-1-2-6-4-5-14(10,11)8(6)7/h1-3H,4-5H2. The summed E-state index contributed by atoms with van der Waals surface area (Å²) in [5, 5.41) is 0. The van der Waals surface area contributed by atoms with E-state index in [1.54, 1.807) is 6.07 Å². The number of sulfone groups is 1. The van der Waals surface area contributed by atoms with E-state index in [0.717, 1.165) is 0 Å². The Labute approximate surface area is 92.2 Å². The molecule has 1 aromatic carbocycles. The van der Waals surface area contributed by atoms with Crippen LogP contribution >= 0.6 is 10.7 Å². The van der Waals surface area contributed by atoms with Crippen molar-refractivity contribution in [2.75, 3.05) is 5.75 Å². The van der Waals surface area contributed by atoms with E-state index >= 15 is 0 Å². The summed E-state index contributed by atoms with van der Waals surface area (Å²) in [5.74, 6) is -0.0498. The zero-order valence-electron chi connectivity index (χ0n) is 7.47. The van der Waals surface area contributed by atoms with E-state index < -0.39 is 18.9 Å². The molecular formula is C8H7ClO4S2. The van der Waals surface area contributed by atoms with Crippen LogP contribution in [0.15, 0.2) is 28.0 Å². The van der Waals surface area contributed by atoms with E-state index in [2.05, 4.69) is 0 Å². The van der Waals surface area contributed by atoms with Crippen molar-refractivity contribution in [1.29, 1.82) is 0 Å². The van der Waals surface area contributed by atoms with E-state index in [4.69, 9.17) is 10.7 Å². The third kappa shape index (κ3) is 1.77. The van der Waals surface area contributed by atoms with E-state index in [-0.39, 0.29) is 15.5 Å². The van der Waals surface area contributed by atoms with E-state index in [0.29, 0.717) is 12.0 Å². The van der Waals surface area contributed by atoms with Gasteiger partial charge in [-0.3, -0.25) is 0 Å². The first-order chi connectivity index (χ1) is 6.82. The lowest BCUT2D eigenvalue weighted by atomic mass is 10.2. The summed E-state index contributed by atoms with van der Waals surface area (Å²) < 4.78 is 45.6. The van der Waals surface area contributed by atoms with Crippen molar-refractivity contribution < 1.29 is 16.8 Å². The van der Waals surface area contributed by atoms with E-state index in [1.807, 2.05) is 0 Å². The monoisotopic (exact) mass is 266 g/mol. The van der Waals surface area contributed by atoms with Gasteiger partial charge in [0.15, 0.2) is 9.84 Å². The highest BCUT2D eigenvalue weighted by Gasteiger charge is 2.32. The summed E-state index contributed by atoms with van der Waals surface area (Å²) in [7, 11) is -2.31. The number of aryl methyl sites for hydroxylation is 1. The molecule has 0 radical (unpaired) electrons. The smallest absolute Gasteiger partial charge is 0.224 e. The van der Waals surface area contributed by atoms with Crippen LogP contribution < -0.4 is 0 Å². The highest BCUT2D eigenvalue weighted by atomic mass is 35.7. The summed E-state index contributed by atoms with van der Waals surface area (Å²) in [5.41, 5.74) is 0.525. The fourth-order valence-electron chi connectivity index (χ4n) is 1.65. The van der Waals surface area contributed by atoms with Crippen LogP contribution in [0.25, 0.3) is 0 Å². The zero-order valence-corrected chi connectivity index (χ0v) is 9.86. The molecular weight excluding hydrogens is 260 g/mol. The van der Waals surface area contributed by atoms with Crippen LogP contribution in [0.1, 0.15) is 5.56 Å². The Morgan fingerprint density at radius 3 is 2.53 bits per heavy atom. The van der Waals surface area contributed by atoms with Gasteiger partial charge in [-0.05, 0) is 18.1 Å². The van der Waals surface area contributed by atoms with Gasteiger partial charge in [-0.1, -0.05) is 12.1 Å². The van der Waals surface area contributed by atoms with E-state index in [9.17, 15) is 16.8 Å². The van der Waals surface area contributed by atoms with Crippen molar-refractivity contribution in [3.05, 3.63) is 23.8 Å². The van der Waals surface area contributed by atoms with Gasteiger partial charge in [-0.25, -0.2) is 16.8 Å². The molecule has 1 heterocycles. The molecule has 0 aromatic heterocycles. The molecule has 0 atom stereocenters. The Kier molecular flexibility index (Phi) is 2.33. The van der Waals surface area contributed by atoms with Crippen LogP contribution in [0.4, 0.5) is 0 Å². The van der Waals surface area contributed by atoms with Crippen LogP contribution in [0.5, 0.6) is 0 Å². The molecule has 0 bridgehead atoms. The molecule has 0 saturated carbocycles. The summed E-state index contributed by atoms with van der Waals surface area (Å²) in [4.78, 5) is -0.431. The minimum absolute atomic E-state index is 0.0498. The van der Waals surface area contributed by atoms with Crippen LogP contribution in [0, 0.1) is 0 Å². The number of hydrogen-bond donors (Lipinski definition) is 0. The highest BCUT2D eigenvalue weighted by Crippen LogP contribution is 2.33. The Bertz CT molecular complexity index is 616. The molecule has 2 rings (SSSR count). The first-order valence-electron chi connectivity index (χ1n) is 4.12. The number of benzene rings is 1. The molecule has 0 unspecified atom stereocenters. The summed E-state index contributed by atoms with van der Waals surface area (Å²) >= 11 is 0. The minimum Gasteiger partial charge on any atom is -0.224 e. The Hall–Kier alpha value is -0.590. The van der Waals surface area contributed by atoms with Crippen molar-refractivity contribution in [3.8, 4) is 0 Å². The molecule has 0 amide bonds. The quantitative estimate of drug-likeness (QED) is 0.710. The topological polar surface area (TPSA) is 68.3 Å². The second kappa shape index (κ2) is 3.20. The Morgan fingerprint density at radius 2 is 1.93 bits per heavy atom. The molecule has 7 heteroatoms. The van der Waals surface area contributed by atoms with Gasteiger partial charge >= 0.3 is 0 Å². The van der Waals surface area contributed by atoms with E-state index in [1.165, 1.54) is 12.1 Å². The molecule has 1 aromatic rings. The van der Waals surface area contributed by atoms with Crippen molar-refractivity contribution in [3.63, 3.8) is 0 Å². The maximum absolute atomic E-state index is 11.6. The molecule has 0 aliphatic carbocycles. The maximum Gasteiger partial charge on any atom is 0.262 e. The predicted octanol–water partition coefficient (Wildman–Crippen LogP) is 0.944. The molecule has 4 nitrogen and oxygen atoms in total. The van der Waals surface area contributed by atoms with Gasteiger partial charge in [0.2, 0.25) is 0 Å². The number of hydrogen-bond acceptors (Lipinski definition) is 4. The van der Waals surface area contributed by atoms with Gasteiger partial charge in [-0.2, -0.15) is 0 Å². The van der Waals surface area contributed by atoms with Gasteiger partial charge in [-0.15, -0.1) is 0 Å². The van der Waals surface area contributed by atoms with Gasteiger partial charge in [0.1, 0.15) is 4.90 Å². The van der Waals surface area contributed by atoms with Crippen LogP contribution in [0.3, 0.4) is 0 Å². The molecule has 0 spiro atoms. The third-order valence-electron chi connectivity index (χ3n) is 2.27. The molecule has 15 heavy (non-hydrogen) atoms. The molecule has 1 aliphatic rings. The first kappa shape index (κ1) is 10.9. The fourth-order valence-corrected chi connectivity index (χ4v) is 5.11. The van der Waals surface area contributed by atoms with Crippen molar-refractivity contribution in [2.45, 2.75) is 16.2 Å². The normalized spacial score (nSPS) is 18.7. The second-order valence-electron chi connectivity index (χ2n) is 3.25. The molecule has 1 aliphatic heterocycles. The van der Waals surface area contributed by atoms with Crippen LogP contribution in [0.2, 0.25) is 0 Å². The molecule has 82 valence electrons. The first-order valence-corrected chi connectivity index (χ1v) is 8.08. The largest absolute Gasteiger partial charge is 0.262 e. The maximum atomic E-state index is 11.6. The molecule has 0 fully saturated rings. The SMILES string of the molecule is O=S(=O)(Cl)c1cccc2c1S(=O)(=O)CC2.